The molecule has 92 valence electrons. The van der Waals surface area contributed by atoms with Gasteiger partial charge in [-0.1, -0.05) is 6.92 Å². The minimum atomic E-state index is -0.710. The van der Waals surface area contributed by atoms with Gasteiger partial charge in [-0.15, -0.1) is 0 Å². The van der Waals surface area contributed by atoms with Gasteiger partial charge in [-0.25, -0.2) is 0 Å². The number of nitriles is 1. The molecule has 0 aromatic rings. The van der Waals surface area contributed by atoms with Gasteiger partial charge in [0.2, 0.25) is 0 Å². The average molecular weight is 224 g/mol. The molecule has 1 saturated heterocycles. The second kappa shape index (κ2) is 5.62. The first-order chi connectivity index (χ1) is 7.48. The van der Waals surface area contributed by atoms with Crippen LogP contribution in [0.2, 0.25) is 0 Å². The summed E-state index contributed by atoms with van der Waals surface area (Å²) >= 11 is 0. The molecule has 0 aromatic heterocycles. The first-order valence-corrected chi connectivity index (χ1v) is 6.15. The Bertz CT molecular complexity index is 248. The summed E-state index contributed by atoms with van der Waals surface area (Å²) in [6, 6.07) is 2.83. The van der Waals surface area contributed by atoms with E-state index in [9.17, 15) is 0 Å². The number of hydrogen-bond acceptors (Lipinski definition) is 4. The molecular weight excluding hydrogens is 200 g/mol. The van der Waals surface area contributed by atoms with Crippen LogP contribution in [-0.2, 0) is 0 Å². The molecule has 1 aliphatic rings. The highest BCUT2D eigenvalue weighted by Gasteiger charge is 2.25. The van der Waals surface area contributed by atoms with Gasteiger partial charge in [-0.2, -0.15) is 5.26 Å². The number of nitrogens with two attached hydrogens (primary N) is 1. The Morgan fingerprint density at radius 2 is 1.94 bits per heavy atom. The molecule has 2 unspecified atom stereocenters. The van der Waals surface area contributed by atoms with Crippen LogP contribution in [0, 0.1) is 11.3 Å². The molecular formula is C12H24N4. The van der Waals surface area contributed by atoms with Gasteiger partial charge >= 0.3 is 0 Å². The molecule has 0 bridgehead atoms. The highest BCUT2D eigenvalue weighted by molar-refractivity contribution is 5.03. The maximum absolute atomic E-state index is 8.89. The lowest BCUT2D eigenvalue weighted by atomic mass is 10.1. The van der Waals surface area contributed by atoms with Crippen LogP contribution in [0.5, 0.6) is 0 Å². The largest absolute Gasteiger partial charge is 0.313 e. The molecule has 4 nitrogen and oxygen atoms in total. The molecule has 2 atom stereocenters. The van der Waals surface area contributed by atoms with E-state index >= 15 is 0 Å². The van der Waals surface area contributed by atoms with Crippen molar-refractivity contribution in [2.45, 2.75) is 38.8 Å². The monoisotopic (exact) mass is 224 g/mol. The van der Waals surface area contributed by atoms with Gasteiger partial charge in [0.25, 0.3) is 0 Å². The van der Waals surface area contributed by atoms with Crippen LogP contribution in [0.4, 0.5) is 0 Å². The lowest BCUT2D eigenvalue weighted by molar-refractivity contribution is 0.0928. The molecule has 2 N–H and O–H groups in total. The van der Waals surface area contributed by atoms with Crippen molar-refractivity contribution >= 4 is 0 Å². The molecule has 0 aliphatic carbocycles. The zero-order valence-electron chi connectivity index (χ0n) is 10.7. The second-order valence-corrected chi connectivity index (χ2v) is 5.10. The van der Waals surface area contributed by atoms with Crippen molar-refractivity contribution in [2.75, 3.05) is 32.7 Å². The predicted octanol–water partition coefficient (Wildman–Crippen LogP) is 0.643. The summed E-state index contributed by atoms with van der Waals surface area (Å²) < 4.78 is 0. The van der Waals surface area contributed by atoms with Crippen LogP contribution < -0.4 is 5.73 Å². The first kappa shape index (κ1) is 13.4. The third-order valence-corrected chi connectivity index (χ3v) is 3.43. The van der Waals surface area contributed by atoms with Crippen LogP contribution in [0.1, 0.15) is 27.2 Å². The lowest BCUT2D eigenvalue weighted by Crippen LogP contribution is -2.54. The van der Waals surface area contributed by atoms with Crippen LogP contribution in [0.25, 0.3) is 0 Å². The maximum Gasteiger partial charge on any atom is 0.114 e. The topological polar surface area (TPSA) is 56.3 Å². The molecule has 1 fully saturated rings. The van der Waals surface area contributed by atoms with E-state index in [4.69, 9.17) is 11.0 Å². The van der Waals surface area contributed by atoms with E-state index in [1.165, 1.54) is 6.42 Å². The first-order valence-electron chi connectivity index (χ1n) is 6.15. The SMILES string of the molecule is CCC(C)N1CCN(CC(C)(N)C#N)CC1. The van der Waals surface area contributed by atoms with E-state index in [-0.39, 0.29) is 0 Å². The van der Waals surface area contributed by atoms with Crippen LogP contribution >= 0.6 is 0 Å². The summed E-state index contributed by atoms with van der Waals surface area (Å²) in [6.07, 6.45) is 1.20. The predicted molar refractivity (Wildman–Crippen MR) is 66.0 cm³/mol. The minimum absolute atomic E-state index is 0.669. The van der Waals surface area contributed by atoms with Crippen molar-refractivity contribution < 1.29 is 0 Å². The molecule has 0 amide bonds. The molecule has 0 radical (unpaired) electrons. The zero-order valence-corrected chi connectivity index (χ0v) is 10.7. The fourth-order valence-electron chi connectivity index (χ4n) is 2.12. The number of nitrogens with zero attached hydrogens (tertiary/aromatic N) is 3. The summed E-state index contributed by atoms with van der Waals surface area (Å²) in [6.45, 7) is 11.2. The van der Waals surface area contributed by atoms with E-state index in [1.54, 1.807) is 6.92 Å². The average Bonchev–Trinajstić information content (AvgIpc) is 2.28. The van der Waals surface area contributed by atoms with Gasteiger partial charge in [-0.3, -0.25) is 9.80 Å². The standard InChI is InChI=1S/C12H24N4/c1-4-11(2)16-7-5-15(6-8-16)10-12(3,14)9-13/h11H,4-8,10,14H2,1-3H3. The summed E-state index contributed by atoms with van der Waals surface area (Å²) in [5, 5.41) is 8.89. The van der Waals surface area contributed by atoms with Gasteiger partial charge < -0.3 is 5.73 Å². The molecule has 0 spiro atoms. The minimum Gasteiger partial charge on any atom is -0.313 e. The van der Waals surface area contributed by atoms with E-state index in [0.29, 0.717) is 12.6 Å². The summed E-state index contributed by atoms with van der Waals surface area (Å²) in [5.41, 5.74) is 5.14. The molecule has 0 saturated carbocycles. The van der Waals surface area contributed by atoms with Crippen molar-refractivity contribution in [1.82, 2.24) is 9.80 Å². The Hall–Kier alpha value is -0.630. The Morgan fingerprint density at radius 1 is 1.38 bits per heavy atom. The summed E-state index contributed by atoms with van der Waals surface area (Å²) in [5.74, 6) is 0. The van der Waals surface area contributed by atoms with E-state index in [0.717, 1.165) is 26.2 Å². The normalized spacial score (nSPS) is 24.7. The fourth-order valence-corrected chi connectivity index (χ4v) is 2.12. The second-order valence-electron chi connectivity index (χ2n) is 5.10. The quantitative estimate of drug-likeness (QED) is 0.761. The fraction of sp³-hybridized carbons (Fsp3) is 0.917. The van der Waals surface area contributed by atoms with Crippen molar-refractivity contribution in [3.8, 4) is 6.07 Å². The van der Waals surface area contributed by atoms with Crippen LogP contribution in [-0.4, -0.2) is 54.1 Å². The molecule has 1 heterocycles. The zero-order chi connectivity index (χ0) is 12.2. The Balaban J connectivity index is 2.36. The summed E-state index contributed by atoms with van der Waals surface area (Å²) in [7, 11) is 0. The number of piperazine rings is 1. The van der Waals surface area contributed by atoms with Crippen molar-refractivity contribution in [1.29, 1.82) is 5.26 Å². The van der Waals surface area contributed by atoms with E-state index < -0.39 is 5.54 Å². The molecule has 4 heteroatoms. The smallest absolute Gasteiger partial charge is 0.114 e. The third kappa shape index (κ3) is 3.75. The molecule has 1 aliphatic heterocycles. The van der Waals surface area contributed by atoms with Gasteiger partial charge in [-0.05, 0) is 20.3 Å². The highest BCUT2D eigenvalue weighted by Crippen LogP contribution is 2.10. The highest BCUT2D eigenvalue weighted by atomic mass is 15.3. The van der Waals surface area contributed by atoms with Gasteiger partial charge in [0.05, 0.1) is 6.07 Å². The van der Waals surface area contributed by atoms with E-state index in [1.807, 2.05) is 0 Å². The number of rotatable bonds is 4. The maximum atomic E-state index is 8.89. The van der Waals surface area contributed by atoms with Crippen LogP contribution in [0.3, 0.4) is 0 Å². The Kier molecular flexibility index (Phi) is 4.72. The van der Waals surface area contributed by atoms with Crippen LogP contribution in [0.15, 0.2) is 0 Å². The Labute approximate surface area is 99.0 Å². The van der Waals surface area contributed by atoms with Gasteiger partial charge in [0.1, 0.15) is 5.54 Å². The van der Waals surface area contributed by atoms with Gasteiger partial charge in [0, 0.05) is 38.8 Å². The number of hydrogen-bond donors (Lipinski definition) is 1. The van der Waals surface area contributed by atoms with Crippen molar-refractivity contribution in [2.24, 2.45) is 5.73 Å². The molecule has 1 rings (SSSR count). The van der Waals surface area contributed by atoms with Gasteiger partial charge in [0.15, 0.2) is 0 Å². The molecule has 0 aromatic carbocycles. The molecule has 16 heavy (non-hydrogen) atoms. The lowest BCUT2D eigenvalue weighted by Gasteiger charge is -2.39. The Morgan fingerprint density at radius 3 is 2.38 bits per heavy atom. The third-order valence-electron chi connectivity index (χ3n) is 3.43. The summed E-state index contributed by atoms with van der Waals surface area (Å²) in [4.78, 5) is 4.80. The van der Waals surface area contributed by atoms with Crippen molar-refractivity contribution in [3.63, 3.8) is 0 Å². The van der Waals surface area contributed by atoms with Crippen molar-refractivity contribution in [3.05, 3.63) is 0 Å². The van der Waals surface area contributed by atoms with E-state index in [2.05, 4.69) is 29.7 Å².